The highest BCUT2D eigenvalue weighted by Gasteiger charge is 2.23. The number of H-pyrrole nitrogens is 1. The molecule has 0 radical (unpaired) electrons. The highest BCUT2D eigenvalue weighted by atomic mass is 35.5. The summed E-state index contributed by atoms with van der Waals surface area (Å²) < 4.78 is 25.3. The molecule has 0 aliphatic heterocycles. The number of hydrogen-bond acceptors (Lipinski definition) is 6. The van der Waals surface area contributed by atoms with Gasteiger partial charge in [-0.2, -0.15) is 0 Å². The quantitative estimate of drug-likeness (QED) is 0.441. The maximum Gasteiger partial charge on any atom is 0.270 e. The number of hydrogen-bond donors (Lipinski definition) is 2. The molecule has 7 nitrogen and oxygen atoms in total. The standard InChI is InChI=1S/C19H16ClN3O4S2/c1-12(17(24)22-14-5-3-2-4-6-14)28-19-21-11-16(18(25)23-19)29(26,27)15-9-7-13(20)8-10-15/h2-12H,1H3,(H,22,24)(H,21,23,25)/t12-/m1/s1. The van der Waals surface area contributed by atoms with Crippen LogP contribution in [0.3, 0.4) is 0 Å². The number of carbonyl (C=O) groups is 1. The summed E-state index contributed by atoms with van der Waals surface area (Å²) in [5.74, 6) is -0.276. The van der Waals surface area contributed by atoms with Gasteiger partial charge < -0.3 is 10.3 Å². The van der Waals surface area contributed by atoms with Crippen molar-refractivity contribution in [2.75, 3.05) is 5.32 Å². The van der Waals surface area contributed by atoms with Gasteiger partial charge in [0.15, 0.2) is 10.1 Å². The number of benzene rings is 2. The van der Waals surface area contributed by atoms with Gasteiger partial charge in [0.25, 0.3) is 5.56 Å². The number of nitrogens with one attached hydrogen (secondary N) is 2. The SMILES string of the molecule is C[C@@H](Sc1ncc(S(=O)(=O)c2ccc(Cl)cc2)c(=O)[nH]1)C(=O)Nc1ccccc1. The Morgan fingerprint density at radius 1 is 1.14 bits per heavy atom. The molecule has 2 N–H and O–H groups in total. The van der Waals surface area contributed by atoms with Crippen molar-refractivity contribution in [3.8, 4) is 0 Å². The van der Waals surface area contributed by atoms with E-state index in [0.29, 0.717) is 10.7 Å². The first kappa shape index (κ1) is 21.1. The number of carbonyl (C=O) groups excluding carboxylic acids is 1. The van der Waals surface area contributed by atoms with E-state index in [4.69, 9.17) is 11.6 Å². The monoisotopic (exact) mass is 449 g/mol. The van der Waals surface area contributed by atoms with Crippen molar-refractivity contribution < 1.29 is 13.2 Å². The van der Waals surface area contributed by atoms with Crippen LogP contribution in [0.15, 0.2) is 80.5 Å². The molecule has 29 heavy (non-hydrogen) atoms. The zero-order chi connectivity index (χ0) is 21.0. The fraction of sp³-hybridized carbons (Fsp3) is 0.105. The second kappa shape index (κ2) is 8.81. The summed E-state index contributed by atoms with van der Waals surface area (Å²) in [6, 6.07) is 14.4. The van der Waals surface area contributed by atoms with Crippen molar-refractivity contribution >= 4 is 44.8 Å². The fourth-order valence-electron chi connectivity index (χ4n) is 2.35. The summed E-state index contributed by atoms with van der Waals surface area (Å²) in [4.78, 5) is 30.5. The van der Waals surface area contributed by atoms with Crippen LogP contribution >= 0.6 is 23.4 Å². The third kappa shape index (κ3) is 5.06. The Morgan fingerprint density at radius 3 is 2.41 bits per heavy atom. The Balaban J connectivity index is 1.76. The zero-order valence-corrected chi connectivity index (χ0v) is 17.5. The Kier molecular flexibility index (Phi) is 6.41. The number of amides is 1. The fourth-order valence-corrected chi connectivity index (χ4v) is 4.47. The van der Waals surface area contributed by atoms with Crippen molar-refractivity contribution in [3.05, 3.63) is 76.2 Å². The topological polar surface area (TPSA) is 109 Å². The molecule has 3 rings (SSSR count). The maximum atomic E-state index is 12.6. The van der Waals surface area contributed by atoms with Crippen LogP contribution in [0, 0.1) is 0 Å². The van der Waals surface area contributed by atoms with E-state index >= 15 is 0 Å². The smallest absolute Gasteiger partial charge is 0.270 e. The van der Waals surface area contributed by atoms with Crippen molar-refractivity contribution in [3.63, 3.8) is 0 Å². The third-order valence-electron chi connectivity index (χ3n) is 3.86. The third-order valence-corrected chi connectivity index (χ3v) is 6.87. The van der Waals surface area contributed by atoms with Gasteiger partial charge in [-0.05, 0) is 43.3 Å². The molecule has 0 spiro atoms. The molecule has 150 valence electrons. The number of para-hydroxylation sites is 1. The predicted molar refractivity (Wildman–Crippen MR) is 112 cm³/mol. The first-order chi connectivity index (χ1) is 13.8. The summed E-state index contributed by atoms with van der Waals surface area (Å²) in [6.45, 7) is 1.65. The highest BCUT2D eigenvalue weighted by molar-refractivity contribution is 8.00. The predicted octanol–water partition coefficient (Wildman–Crippen LogP) is 3.38. The van der Waals surface area contributed by atoms with Crippen LogP contribution in [0.1, 0.15) is 6.92 Å². The van der Waals surface area contributed by atoms with E-state index in [0.717, 1.165) is 18.0 Å². The lowest BCUT2D eigenvalue weighted by Gasteiger charge is -2.11. The van der Waals surface area contributed by atoms with Crippen LogP contribution in [-0.4, -0.2) is 29.5 Å². The minimum absolute atomic E-state index is 0.0646. The second-order valence-corrected chi connectivity index (χ2v) is 9.64. The van der Waals surface area contributed by atoms with E-state index < -0.39 is 25.5 Å². The maximum absolute atomic E-state index is 12.6. The zero-order valence-electron chi connectivity index (χ0n) is 15.1. The van der Waals surface area contributed by atoms with Gasteiger partial charge in [-0.1, -0.05) is 41.6 Å². The van der Waals surface area contributed by atoms with Crippen molar-refractivity contribution in [1.82, 2.24) is 9.97 Å². The van der Waals surface area contributed by atoms with Gasteiger partial charge in [0.1, 0.15) is 0 Å². The number of rotatable bonds is 6. The minimum Gasteiger partial charge on any atom is -0.325 e. The summed E-state index contributed by atoms with van der Waals surface area (Å²) >= 11 is 6.79. The van der Waals surface area contributed by atoms with Crippen LogP contribution in [-0.2, 0) is 14.6 Å². The molecule has 1 aromatic heterocycles. The van der Waals surface area contributed by atoms with Gasteiger partial charge >= 0.3 is 0 Å². The molecule has 0 saturated heterocycles. The summed E-state index contributed by atoms with van der Waals surface area (Å²) in [6.07, 6.45) is 0.993. The van der Waals surface area contributed by atoms with E-state index in [-0.39, 0.29) is 16.0 Å². The lowest BCUT2D eigenvalue weighted by Crippen LogP contribution is -2.24. The number of thioether (sulfide) groups is 1. The van der Waals surface area contributed by atoms with Crippen LogP contribution in [0.25, 0.3) is 0 Å². The summed E-state index contributed by atoms with van der Waals surface area (Å²) in [7, 11) is -4.04. The second-order valence-electron chi connectivity index (χ2n) is 5.95. The molecule has 3 aromatic rings. The molecule has 0 bridgehead atoms. The molecule has 10 heteroatoms. The van der Waals surface area contributed by atoms with E-state index in [2.05, 4.69) is 15.3 Å². The van der Waals surface area contributed by atoms with Gasteiger partial charge in [0.2, 0.25) is 15.7 Å². The largest absolute Gasteiger partial charge is 0.325 e. The van der Waals surface area contributed by atoms with Crippen molar-refractivity contribution in [2.24, 2.45) is 0 Å². The molecule has 0 saturated carbocycles. The van der Waals surface area contributed by atoms with Gasteiger partial charge in [-0.25, -0.2) is 13.4 Å². The van der Waals surface area contributed by atoms with Crippen LogP contribution in [0.4, 0.5) is 5.69 Å². The van der Waals surface area contributed by atoms with E-state index in [1.54, 1.807) is 31.2 Å². The van der Waals surface area contributed by atoms with Crippen molar-refractivity contribution in [1.29, 1.82) is 0 Å². The van der Waals surface area contributed by atoms with Crippen LogP contribution in [0.5, 0.6) is 0 Å². The van der Waals surface area contributed by atoms with Gasteiger partial charge in [-0.15, -0.1) is 0 Å². The van der Waals surface area contributed by atoms with E-state index in [1.807, 2.05) is 6.07 Å². The Morgan fingerprint density at radius 2 is 1.79 bits per heavy atom. The lowest BCUT2D eigenvalue weighted by atomic mass is 10.3. The molecular weight excluding hydrogens is 434 g/mol. The Labute approximate surface area is 176 Å². The first-order valence-corrected chi connectivity index (χ1v) is 11.1. The molecule has 0 unspecified atom stereocenters. The average Bonchev–Trinajstić information content (AvgIpc) is 2.69. The Hall–Kier alpha value is -2.62. The first-order valence-electron chi connectivity index (χ1n) is 8.40. The summed E-state index contributed by atoms with van der Waals surface area (Å²) in [5, 5.41) is 2.70. The molecular formula is C19H16ClN3O4S2. The molecule has 1 amide bonds. The molecule has 0 aliphatic rings. The Bertz CT molecular complexity index is 1180. The number of halogens is 1. The number of nitrogens with zero attached hydrogens (tertiary/aromatic N) is 1. The van der Waals surface area contributed by atoms with E-state index in [9.17, 15) is 18.0 Å². The lowest BCUT2D eigenvalue weighted by molar-refractivity contribution is -0.115. The van der Waals surface area contributed by atoms with Crippen LogP contribution in [0.2, 0.25) is 5.02 Å². The number of sulfone groups is 1. The summed E-state index contributed by atoms with van der Waals surface area (Å²) in [5.41, 5.74) is -0.163. The molecule has 0 fully saturated rings. The van der Waals surface area contributed by atoms with E-state index in [1.165, 1.54) is 24.3 Å². The molecule has 1 heterocycles. The van der Waals surface area contributed by atoms with Crippen molar-refractivity contribution in [2.45, 2.75) is 27.1 Å². The highest BCUT2D eigenvalue weighted by Crippen LogP contribution is 2.23. The molecule has 0 aliphatic carbocycles. The number of aromatic nitrogens is 2. The normalized spacial score (nSPS) is 12.3. The number of anilines is 1. The molecule has 1 atom stereocenters. The van der Waals surface area contributed by atoms with Gasteiger partial charge in [0, 0.05) is 10.7 Å². The van der Waals surface area contributed by atoms with Gasteiger partial charge in [-0.3, -0.25) is 9.59 Å². The van der Waals surface area contributed by atoms with Gasteiger partial charge in [0.05, 0.1) is 16.3 Å². The van der Waals surface area contributed by atoms with Crippen LogP contribution < -0.4 is 10.9 Å². The average molecular weight is 450 g/mol. The minimum atomic E-state index is -4.04. The molecule has 2 aromatic carbocycles. The number of aromatic amines is 1.